The minimum absolute atomic E-state index is 0.00996. The predicted octanol–water partition coefficient (Wildman–Crippen LogP) is 4.24. The topological polar surface area (TPSA) is 93.1 Å². The summed E-state index contributed by atoms with van der Waals surface area (Å²) >= 11 is 0. The number of hydrogen-bond donors (Lipinski definition) is 2. The van der Waals surface area contributed by atoms with Gasteiger partial charge < -0.3 is 15.2 Å². The standard InChI is InChI=1S/C29H32N4O3/c34-27-24(28(35)31-23-11-12-23)18-33(17-20-7-3-1-4-8-20)19-25(27)29(36)32-26(21-9-5-2-6-10-21)22-13-15-30-16-14-22/h2,5-6,9-10,13-16,18-20,23,26H,1,3-4,7-8,11-12,17H2,(H,31,35)(H,32,36). The third-order valence-corrected chi connectivity index (χ3v) is 7.12. The highest BCUT2D eigenvalue weighted by Crippen LogP contribution is 2.26. The Kier molecular flexibility index (Phi) is 7.26. The first-order valence-corrected chi connectivity index (χ1v) is 12.9. The number of nitrogens with zero attached hydrogens (tertiary/aromatic N) is 2. The zero-order valence-corrected chi connectivity index (χ0v) is 20.4. The summed E-state index contributed by atoms with van der Waals surface area (Å²) in [5, 5.41) is 5.95. The molecule has 7 nitrogen and oxygen atoms in total. The molecular weight excluding hydrogens is 452 g/mol. The van der Waals surface area contributed by atoms with E-state index >= 15 is 0 Å². The second kappa shape index (κ2) is 10.9. The van der Waals surface area contributed by atoms with Gasteiger partial charge in [0.15, 0.2) is 0 Å². The summed E-state index contributed by atoms with van der Waals surface area (Å²) in [6.07, 6.45) is 14.3. The van der Waals surface area contributed by atoms with Gasteiger partial charge in [-0.2, -0.15) is 0 Å². The number of amides is 2. The van der Waals surface area contributed by atoms with Gasteiger partial charge in [0.05, 0.1) is 6.04 Å². The van der Waals surface area contributed by atoms with Crippen molar-refractivity contribution in [3.63, 3.8) is 0 Å². The average molecular weight is 485 g/mol. The number of carbonyl (C=O) groups is 2. The zero-order chi connectivity index (χ0) is 24.9. The molecule has 0 aliphatic heterocycles. The lowest BCUT2D eigenvalue weighted by Gasteiger charge is -2.24. The van der Waals surface area contributed by atoms with Gasteiger partial charge in [0.1, 0.15) is 11.1 Å². The van der Waals surface area contributed by atoms with E-state index in [4.69, 9.17) is 0 Å². The van der Waals surface area contributed by atoms with Gasteiger partial charge in [0, 0.05) is 37.4 Å². The molecule has 0 spiro atoms. The second-order valence-corrected chi connectivity index (χ2v) is 9.96. The fraction of sp³-hybridized carbons (Fsp3) is 0.379. The van der Waals surface area contributed by atoms with Crippen LogP contribution in [0, 0.1) is 5.92 Å². The van der Waals surface area contributed by atoms with Crippen LogP contribution in [0.3, 0.4) is 0 Å². The Morgan fingerprint density at radius 2 is 1.50 bits per heavy atom. The third-order valence-electron chi connectivity index (χ3n) is 7.12. The molecule has 0 bridgehead atoms. The van der Waals surface area contributed by atoms with Crippen molar-refractivity contribution in [2.45, 2.75) is 63.6 Å². The summed E-state index contributed by atoms with van der Waals surface area (Å²) < 4.78 is 1.87. The molecule has 2 heterocycles. The molecule has 7 heteroatoms. The van der Waals surface area contributed by atoms with Crippen molar-refractivity contribution in [3.05, 3.63) is 99.7 Å². The molecule has 2 aliphatic carbocycles. The van der Waals surface area contributed by atoms with E-state index in [0.29, 0.717) is 12.5 Å². The van der Waals surface area contributed by atoms with Crippen LogP contribution in [0.25, 0.3) is 0 Å². The van der Waals surface area contributed by atoms with E-state index in [1.165, 1.54) is 19.3 Å². The molecule has 1 aromatic carbocycles. The highest BCUT2D eigenvalue weighted by molar-refractivity contribution is 5.99. The molecular formula is C29H32N4O3. The molecule has 2 fully saturated rings. The summed E-state index contributed by atoms with van der Waals surface area (Å²) in [4.78, 5) is 44.0. The molecule has 5 rings (SSSR count). The molecule has 2 saturated carbocycles. The van der Waals surface area contributed by atoms with E-state index in [9.17, 15) is 14.4 Å². The maximum absolute atomic E-state index is 13.6. The summed E-state index contributed by atoms with van der Waals surface area (Å²) in [6.45, 7) is 0.691. The molecule has 36 heavy (non-hydrogen) atoms. The third kappa shape index (κ3) is 5.73. The number of carbonyl (C=O) groups excluding carboxylic acids is 2. The number of pyridine rings is 2. The van der Waals surface area contributed by atoms with Gasteiger partial charge in [-0.1, -0.05) is 49.6 Å². The molecule has 1 atom stereocenters. The Hall–Kier alpha value is -3.74. The van der Waals surface area contributed by atoms with Gasteiger partial charge in [-0.25, -0.2) is 0 Å². The SMILES string of the molecule is O=C(NC1CC1)c1cn(CC2CCCCC2)cc(C(=O)NC(c2ccccc2)c2ccncc2)c1=O. The molecule has 2 aromatic heterocycles. The summed E-state index contributed by atoms with van der Waals surface area (Å²) in [6, 6.07) is 13.0. The van der Waals surface area contributed by atoms with Crippen molar-refractivity contribution < 1.29 is 9.59 Å². The molecule has 3 aromatic rings. The van der Waals surface area contributed by atoms with Crippen LogP contribution in [0.5, 0.6) is 0 Å². The first kappa shape index (κ1) is 24.0. The minimum atomic E-state index is -0.535. The van der Waals surface area contributed by atoms with Crippen LogP contribution in [0.2, 0.25) is 0 Å². The number of aromatic nitrogens is 2. The van der Waals surface area contributed by atoms with E-state index in [-0.39, 0.29) is 17.2 Å². The number of rotatable bonds is 8. The largest absolute Gasteiger partial charge is 0.352 e. The highest BCUT2D eigenvalue weighted by atomic mass is 16.2. The Morgan fingerprint density at radius 1 is 0.861 bits per heavy atom. The van der Waals surface area contributed by atoms with E-state index in [1.54, 1.807) is 24.8 Å². The lowest BCUT2D eigenvalue weighted by molar-refractivity contribution is 0.0940. The van der Waals surface area contributed by atoms with Gasteiger partial charge >= 0.3 is 0 Å². The van der Waals surface area contributed by atoms with Gasteiger partial charge in [-0.3, -0.25) is 19.4 Å². The number of hydrogen-bond acceptors (Lipinski definition) is 4. The first-order chi connectivity index (χ1) is 17.6. The molecule has 0 radical (unpaired) electrons. The molecule has 186 valence electrons. The Bertz CT molecular complexity index is 1220. The monoisotopic (exact) mass is 484 g/mol. The van der Waals surface area contributed by atoms with Crippen LogP contribution in [0.15, 0.2) is 72.0 Å². The van der Waals surface area contributed by atoms with E-state index in [1.807, 2.05) is 47.0 Å². The molecule has 2 amide bonds. The van der Waals surface area contributed by atoms with Crippen molar-refractivity contribution in [2.24, 2.45) is 5.92 Å². The maximum atomic E-state index is 13.6. The number of nitrogens with one attached hydrogen (secondary N) is 2. The van der Waals surface area contributed by atoms with Gasteiger partial charge in [0.2, 0.25) is 5.43 Å². The first-order valence-electron chi connectivity index (χ1n) is 12.9. The van der Waals surface area contributed by atoms with E-state index in [0.717, 1.165) is 36.8 Å². The van der Waals surface area contributed by atoms with Crippen LogP contribution < -0.4 is 16.1 Å². The van der Waals surface area contributed by atoms with Crippen LogP contribution in [-0.2, 0) is 6.54 Å². The van der Waals surface area contributed by atoms with Gasteiger partial charge in [0.25, 0.3) is 11.8 Å². The molecule has 1 unspecified atom stereocenters. The molecule has 0 saturated heterocycles. The van der Waals surface area contributed by atoms with Gasteiger partial charge in [-0.05, 0) is 54.9 Å². The number of benzene rings is 1. The van der Waals surface area contributed by atoms with E-state index in [2.05, 4.69) is 15.6 Å². The fourth-order valence-electron chi connectivity index (χ4n) is 4.99. The van der Waals surface area contributed by atoms with Crippen molar-refractivity contribution in [2.75, 3.05) is 0 Å². The molecule has 2 aliphatic rings. The van der Waals surface area contributed by atoms with E-state index < -0.39 is 23.3 Å². The maximum Gasteiger partial charge on any atom is 0.257 e. The Labute approximate surface area is 211 Å². The quantitative estimate of drug-likeness (QED) is 0.500. The smallest absolute Gasteiger partial charge is 0.257 e. The average Bonchev–Trinajstić information content (AvgIpc) is 3.73. The normalized spacial score (nSPS) is 16.8. The van der Waals surface area contributed by atoms with Crippen LogP contribution in [-0.4, -0.2) is 27.4 Å². The summed E-state index contributed by atoms with van der Waals surface area (Å²) in [7, 11) is 0. The molecule has 2 N–H and O–H groups in total. The van der Waals surface area contributed by atoms with Gasteiger partial charge in [-0.15, -0.1) is 0 Å². The predicted molar refractivity (Wildman–Crippen MR) is 138 cm³/mol. The zero-order valence-electron chi connectivity index (χ0n) is 20.4. The van der Waals surface area contributed by atoms with Crippen LogP contribution in [0.4, 0.5) is 0 Å². The summed E-state index contributed by atoms with van der Waals surface area (Å²) in [5.41, 5.74) is 1.23. The Balaban J connectivity index is 1.48. The van der Waals surface area contributed by atoms with Crippen LogP contribution >= 0.6 is 0 Å². The minimum Gasteiger partial charge on any atom is -0.352 e. The second-order valence-electron chi connectivity index (χ2n) is 9.96. The van der Waals surface area contributed by atoms with Crippen molar-refractivity contribution in [1.29, 1.82) is 0 Å². The summed E-state index contributed by atoms with van der Waals surface area (Å²) in [5.74, 6) is -0.419. The Morgan fingerprint density at radius 3 is 2.17 bits per heavy atom. The highest BCUT2D eigenvalue weighted by Gasteiger charge is 2.28. The van der Waals surface area contributed by atoms with Crippen molar-refractivity contribution in [1.82, 2.24) is 20.2 Å². The van der Waals surface area contributed by atoms with Crippen molar-refractivity contribution >= 4 is 11.8 Å². The fourth-order valence-corrected chi connectivity index (χ4v) is 4.99. The van der Waals surface area contributed by atoms with Crippen LogP contribution in [0.1, 0.15) is 82.8 Å². The van der Waals surface area contributed by atoms with Crippen molar-refractivity contribution in [3.8, 4) is 0 Å². The lowest BCUT2D eigenvalue weighted by atomic mass is 9.89. The lowest BCUT2D eigenvalue weighted by Crippen LogP contribution is -2.37.